The van der Waals surface area contributed by atoms with Gasteiger partial charge in [-0.1, -0.05) is 30.3 Å². The lowest BCUT2D eigenvalue weighted by Gasteiger charge is -2.27. The number of rotatable bonds is 6. The molecule has 0 bridgehead atoms. The number of carbonyl (C=O) groups excluding carboxylic acids is 1. The fourth-order valence-corrected chi connectivity index (χ4v) is 3.34. The normalized spacial score (nSPS) is 22.4. The van der Waals surface area contributed by atoms with E-state index < -0.39 is 0 Å². The summed E-state index contributed by atoms with van der Waals surface area (Å²) < 4.78 is 0. The molecule has 1 aliphatic rings. The van der Waals surface area contributed by atoms with Gasteiger partial charge in [0.2, 0.25) is 5.91 Å². The topological polar surface area (TPSA) is 41.1 Å². The highest BCUT2D eigenvalue weighted by atomic mass is 32.2. The molecule has 0 radical (unpaired) electrons. The van der Waals surface area contributed by atoms with Crippen LogP contribution in [-0.4, -0.2) is 30.0 Å². The molecule has 0 spiro atoms. The molecule has 1 aromatic carbocycles. The average molecular weight is 292 g/mol. The predicted molar refractivity (Wildman–Crippen MR) is 85.9 cm³/mol. The Kier molecular flexibility index (Phi) is 6.40. The Bertz CT molecular complexity index is 402. The van der Waals surface area contributed by atoms with Crippen LogP contribution >= 0.6 is 11.8 Å². The van der Waals surface area contributed by atoms with Crippen LogP contribution in [0.5, 0.6) is 0 Å². The quantitative estimate of drug-likeness (QED) is 0.846. The monoisotopic (exact) mass is 292 g/mol. The van der Waals surface area contributed by atoms with Crippen LogP contribution < -0.4 is 10.6 Å². The van der Waals surface area contributed by atoms with Crippen LogP contribution in [0.2, 0.25) is 0 Å². The van der Waals surface area contributed by atoms with Crippen LogP contribution in [0.4, 0.5) is 0 Å². The molecule has 1 aliphatic carbocycles. The minimum Gasteiger partial charge on any atom is -0.351 e. The summed E-state index contributed by atoms with van der Waals surface area (Å²) in [6.07, 6.45) is 7.11. The zero-order valence-electron chi connectivity index (χ0n) is 12.1. The van der Waals surface area contributed by atoms with Gasteiger partial charge < -0.3 is 10.6 Å². The maximum absolute atomic E-state index is 11.8. The molecule has 110 valence electrons. The summed E-state index contributed by atoms with van der Waals surface area (Å²) in [5.41, 5.74) is 1.14. The maximum Gasteiger partial charge on any atom is 0.234 e. The number of hydrogen-bond acceptors (Lipinski definition) is 3. The summed E-state index contributed by atoms with van der Waals surface area (Å²) in [4.78, 5) is 11.8. The first-order chi connectivity index (χ1) is 9.78. The second-order valence-corrected chi connectivity index (χ2v) is 6.49. The molecule has 0 aromatic heterocycles. The lowest BCUT2D eigenvalue weighted by molar-refractivity contribution is -0.120. The van der Waals surface area contributed by atoms with Gasteiger partial charge in [-0.25, -0.2) is 0 Å². The molecule has 4 heteroatoms. The van der Waals surface area contributed by atoms with E-state index in [1.54, 1.807) is 0 Å². The van der Waals surface area contributed by atoms with Crippen LogP contribution in [0.25, 0.3) is 0 Å². The van der Waals surface area contributed by atoms with Crippen LogP contribution in [0.1, 0.15) is 31.2 Å². The van der Waals surface area contributed by atoms with Gasteiger partial charge in [-0.2, -0.15) is 11.8 Å². The van der Waals surface area contributed by atoms with Crippen molar-refractivity contribution in [3.63, 3.8) is 0 Å². The Balaban J connectivity index is 1.61. The molecule has 0 heterocycles. The van der Waals surface area contributed by atoms with E-state index in [-0.39, 0.29) is 5.91 Å². The number of nitrogens with one attached hydrogen (secondary N) is 2. The van der Waals surface area contributed by atoms with Gasteiger partial charge in [0.15, 0.2) is 0 Å². The van der Waals surface area contributed by atoms with Crippen molar-refractivity contribution in [2.45, 2.75) is 43.5 Å². The largest absolute Gasteiger partial charge is 0.351 e. The van der Waals surface area contributed by atoms with E-state index in [1.807, 2.05) is 42.1 Å². The van der Waals surface area contributed by atoms with Gasteiger partial charge in [-0.3, -0.25) is 4.79 Å². The molecule has 2 rings (SSSR count). The first-order valence-corrected chi connectivity index (χ1v) is 8.63. The zero-order valence-corrected chi connectivity index (χ0v) is 12.9. The number of thioether (sulfide) groups is 1. The van der Waals surface area contributed by atoms with E-state index >= 15 is 0 Å². The molecule has 0 aliphatic heterocycles. The van der Waals surface area contributed by atoms with Crippen molar-refractivity contribution >= 4 is 17.7 Å². The Morgan fingerprint density at radius 1 is 1.20 bits per heavy atom. The van der Waals surface area contributed by atoms with Gasteiger partial charge in [-0.05, 0) is 37.5 Å². The first-order valence-electron chi connectivity index (χ1n) is 7.34. The third-order valence-electron chi connectivity index (χ3n) is 3.89. The lowest BCUT2D eigenvalue weighted by atomic mass is 9.95. The highest BCUT2D eigenvalue weighted by molar-refractivity contribution is 7.99. The molecule has 2 N–H and O–H groups in total. The fraction of sp³-hybridized carbons (Fsp3) is 0.562. The number of hydrogen-bond donors (Lipinski definition) is 2. The summed E-state index contributed by atoms with van der Waals surface area (Å²) in [6, 6.07) is 10.5. The van der Waals surface area contributed by atoms with E-state index in [0.29, 0.717) is 19.1 Å². The summed E-state index contributed by atoms with van der Waals surface area (Å²) in [7, 11) is 0. The summed E-state index contributed by atoms with van der Waals surface area (Å²) in [5, 5.41) is 7.15. The second kappa shape index (κ2) is 8.32. The molecular weight excluding hydrogens is 268 g/mol. The first kappa shape index (κ1) is 15.4. The predicted octanol–water partition coefficient (Wildman–Crippen LogP) is 2.57. The van der Waals surface area contributed by atoms with Gasteiger partial charge in [0, 0.05) is 17.8 Å². The molecule has 1 aromatic rings. The average Bonchev–Trinajstić information content (AvgIpc) is 2.52. The molecule has 0 saturated heterocycles. The van der Waals surface area contributed by atoms with Crippen LogP contribution in [0.15, 0.2) is 30.3 Å². The molecule has 1 fully saturated rings. The number of benzene rings is 1. The third-order valence-corrected chi connectivity index (χ3v) is 5.03. The van der Waals surface area contributed by atoms with Crippen molar-refractivity contribution < 1.29 is 4.79 Å². The van der Waals surface area contributed by atoms with Crippen LogP contribution in [0.3, 0.4) is 0 Å². The maximum atomic E-state index is 11.8. The third kappa shape index (κ3) is 5.17. The number of amides is 1. The highest BCUT2D eigenvalue weighted by Crippen LogP contribution is 2.26. The Labute approximate surface area is 125 Å². The molecule has 20 heavy (non-hydrogen) atoms. The Hall–Kier alpha value is -1.00. The molecule has 1 saturated carbocycles. The fourth-order valence-electron chi connectivity index (χ4n) is 2.60. The van der Waals surface area contributed by atoms with Gasteiger partial charge in [0.1, 0.15) is 0 Å². The molecule has 0 unspecified atom stereocenters. The van der Waals surface area contributed by atoms with Crippen LogP contribution in [-0.2, 0) is 11.3 Å². The molecular formula is C16H24N2OS. The van der Waals surface area contributed by atoms with E-state index in [4.69, 9.17) is 0 Å². The molecule has 3 nitrogen and oxygen atoms in total. The SMILES string of the molecule is CSC1CCC(NCC(=O)NCc2ccccc2)CC1. The summed E-state index contributed by atoms with van der Waals surface area (Å²) in [6.45, 7) is 1.04. The van der Waals surface area contributed by atoms with E-state index in [0.717, 1.165) is 10.8 Å². The van der Waals surface area contributed by atoms with E-state index in [1.165, 1.54) is 25.7 Å². The Morgan fingerprint density at radius 3 is 2.55 bits per heavy atom. The van der Waals surface area contributed by atoms with E-state index in [2.05, 4.69) is 16.9 Å². The van der Waals surface area contributed by atoms with Gasteiger partial charge >= 0.3 is 0 Å². The van der Waals surface area contributed by atoms with Crippen molar-refractivity contribution in [3.8, 4) is 0 Å². The minimum atomic E-state index is 0.0841. The standard InChI is InChI=1S/C16H24N2OS/c1-20-15-9-7-14(8-10-15)17-12-16(19)18-11-13-5-3-2-4-6-13/h2-6,14-15,17H,7-12H2,1H3,(H,18,19). The Morgan fingerprint density at radius 2 is 1.90 bits per heavy atom. The smallest absolute Gasteiger partial charge is 0.234 e. The van der Waals surface area contributed by atoms with Crippen LogP contribution in [0, 0.1) is 0 Å². The summed E-state index contributed by atoms with van der Waals surface area (Å²) >= 11 is 1.97. The van der Waals surface area contributed by atoms with Gasteiger partial charge in [0.05, 0.1) is 6.54 Å². The number of carbonyl (C=O) groups is 1. The molecule has 1 amide bonds. The van der Waals surface area contributed by atoms with Gasteiger partial charge in [-0.15, -0.1) is 0 Å². The highest BCUT2D eigenvalue weighted by Gasteiger charge is 2.20. The zero-order chi connectivity index (χ0) is 14.2. The van der Waals surface area contributed by atoms with Gasteiger partial charge in [0.25, 0.3) is 0 Å². The van der Waals surface area contributed by atoms with Crippen molar-refractivity contribution in [3.05, 3.63) is 35.9 Å². The van der Waals surface area contributed by atoms with Crippen molar-refractivity contribution in [1.29, 1.82) is 0 Å². The molecule has 0 atom stereocenters. The van der Waals surface area contributed by atoms with Crippen molar-refractivity contribution in [2.24, 2.45) is 0 Å². The van der Waals surface area contributed by atoms with Crippen molar-refractivity contribution in [1.82, 2.24) is 10.6 Å². The summed E-state index contributed by atoms with van der Waals surface area (Å²) in [5.74, 6) is 0.0841. The van der Waals surface area contributed by atoms with Crippen molar-refractivity contribution in [2.75, 3.05) is 12.8 Å². The van der Waals surface area contributed by atoms with E-state index in [9.17, 15) is 4.79 Å². The minimum absolute atomic E-state index is 0.0841. The second-order valence-electron chi connectivity index (χ2n) is 5.35. The lowest BCUT2D eigenvalue weighted by Crippen LogP contribution is -2.40.